The van der Waals surface area contributed by atoms with E-state index in [1.54, 1.807) is 4.40 Å². The maximum Gasteiger partial charge on any atom is 0.292 e. The number of fused-ring (bicyclic) bond motifs is 2. The number of rotatable bonds is 3. The van der Waals surface area contributed by atoms with Gasteiger partial charge in [0.05, 0.1) is 11.7 Å². The van der Waals surface area contributed by atoms with Gasteiger partial charge in [-0.15, -0.1) is 10.2 Å². The van der Waals surface area contributed by atoms with E-state index in [1.807, 2.05) is 41.6 Å². The Morgan fingerprint density at radius 1 is 1.06 bits per heavy atom. The number of aryl methyl sites for hydroxylation is 3. The fourth-order valence-electron chi connectivity index (χ4n) is 5.46. The Morgan fingerprint density at radius 3 is 2.71 bits per heavy atom. The van der Waals surface area contributed by atoms with Crippen LogP contribution in [-0.4, -0.2) is 70.7 Å². The fraction of sp³-hybridized carbons (Fsp3) is 0.500. The molecule has 2 aliphatic heterocycles. The third-order valence-electron chi connectivity index (χ3n) is 7.14. The second kappa shape index (κ2) is 8.26. The normalized spacial score (nSPS) is 20.9. The minimum absolute atomic E-state index is 0.145. The molecular weight excluding hydrogens is 444 g/mol. The lowest BCUT2D eigenvalue weighted by atomic mass is 9.99. The van der Waals surface area contributed by atoms with E-state index in [1.165, 1.54) is 0 Å². The van der Waals surface area contributed by atoms with Crippen molar-refractivity contribution in [3.63, 3.8) is 0 Å². The Hall–Kier alpha value is -3.60. The molecule has 0 radical (unpaired) electrons. The first-order chi connectivity index (χ1) is 16.9. The largest absolute Gasteiger partial charge is 0.355 e. The molecule has 0 bridgehead atoms. The molecule has 2 N–H and O–H groups in total. The van der Waals surface area contributed by atoms with E-state index in [-0.39, 0.29) is 18.0 Å². The first-order valence-corrected chi connectivity index (χ1v) is 12.3. The SMILES string of the molecule is Cc1cc(C)n2c(C(=O)N3CCCC[C@H]3c3cc4nc(N5CC[C@H](N)C5)c(C)cn4n3)nnc2n1. The second-order valence-corrected chi connectivity index (χ2v) is 9.82. The van der Waals surface area contributed by atoms with Crippen LogP contribution in [-0.2, 0) is 0 Å². The van der Waals surface area contributed by atoms with Gasteiger partial charge in [0.15, 0.2) is 5.65 Å². The molecule has 1 amide bonds. The van der Waals surface area contributed by atoms with Gasteiger partial charge in [-0.05, 0) is 52.5 Å². The number of nitrogens with two attached hydrogens (primary N) is 1. The topological polar surface area (TPSA) is 123 Å². The Balaban J connectivity index is 1.35. The number of hydrogen-bond donors (Lipinski definition) is 1. The molecule has 11 nitrogen and oxygen atoms in total. The number of likely N-dealkylation sites (tertiary alicyclic amines) is 1. The van der Waals surface area contributed by atoms with Gasteiger partial charge in [-0.3, -0.25) is 9.20 Å². The van der Waals surface area contributed by atoms with Crippen molar-refractivity contribution < 1.29 is 4.79 Å². The van der Waals surface area contributed by atoms with Gasteiger partial charge >= 0.3 is 0 Å². The van der Waals surface area contributed by atoms with E-state index >= 15 is 0 Å². The third kappa shape index (κ3) is 3.70. The molecule has 2 atom stereocenters. The fourth-order valence-corrected chi connectivity index (χ4v) is 5.46. The summed E-state index contributed by atoms with van der Waals surface area (Å²) in [4.78, 5) is 27.2. The van der Waals surface area contributed by atoms with Crippen LogP contribution in [0.4, 0.5) is 5.82 Å². The maximum absolute atomic E-state index is 13.7. The van der Waals surface area contributed by atoms with Gasteiger partial charge in [-0.2, -0.15) is 5.10 Å². The Morgan fingerprint density at radius 2 is 1.91 bits per heavy atom. The summed E-state index contributed by atoms with van der Waals surface area (Å²) in [5.74, 6) is 1.55. The van der Waals surface area contributed by atoms with Crippen LogP contribution < -0.4 is 10.6 Å². The van der Waals surface area contributed by atoms with Crippen LogP contribution in [0.25, 0.3) is 11.4 Å². The van der Waals surface area contributed by atoms with Gasteiger partial charge < -0.3 is 15.5 Å². The highest BCUT2D eigenvalue weighted by molar-refractivity contribution is 5.91. The predicted octanol–water partition coefficient (Wildman–Crippen LogP) is 2.00. The van der Waals surface area contributed by atoms with Gasteiger partial charge in [0.25, 0.3) is 11.7 Å². The minimum atomic E-state index is -0.149. The van der Waals surface area contributed by atoms with Crippen molar-refractivity contribution in [2.75, 3.05) is 24.5 Å². The van der Waals surface area contributed by atoms with Crippen LogP contribution in [0.1, 0.15) is 65.0 Å². The van der Waals surface area contributed by atoms with E-state index in [0.29, 0.717) is 18.1 Å². The van der Waals surface area contributed by atoms with E-state index < -0.39 is 0 Å². The van der Waals surface area contributed by atoms with Crippen LogP contribution in [0.2, 0.25) is 0 Å². The van der Waals surface area contributed by atoms with Crippen LogP contribution >= 0.6 is 0 Å². The number of hydrogen-bond acceptors (Lipinski definition) is 8. The van der Waals surface area contributed by atoms with E-state index in [9.17, 15) is 4.79 Å². The molecule has 35 heavy (non-hydrogen) atoms. The molecule has 2 fully saturated rings. The molecule has 0 aromatic carbocycles. The highest BCUT2D eigenvalue weighted by Gasteiger charge is 2.33. The maximum atomic E-state index is 13.7. The summed E-state index contributed by atoms with van der Waals surface area (Å²) in [5.41, 5.74) is 10.5. The first-order valence-electron chi connectivity index (χ1n) is 12.3. The van der Waals surface area contributed by atoms with E-state index in [4.69, 9.17) is 15.8 Å². The summed E-state index contributed by atoms with van der Waals surface area (Å²) in [6, 6.07) is 3.98. The summed E-state index contributed by atoms with van der Waals surface area (Å²) in [5, 5.41) is 13.2. The zero-order valence-electron chi connectivity index (χ0n) is 20.3. The highest BCUT2D eigenvalue weighted by atomic mass is 16.2. The molecule has 4 aromatic heterocycles. The zero-order valence-corrected chi connectivity index (χ0v) is 20.3. The van der Waals surface area contributed by atoms with E-state index in [0.717, 1.165) is 72.9 Å². The highest BCUT2D eigenvalue weighted by Crippen LogP contribution is 2.32. The minimum Gasteiger partial charge on any atom is -0.355 e. The van der Waals surface area contributed by atoms with Crippen molar-refractivity contribution in [3.8, 4) is 0 Å². The van der Waals surface area contributed by atoms with Crippen molar-refractivity contribution in [2.24, 2.45) is 5.73 Å². The molecule has 2 saturated heterocycles. The lowest BCUT2D eigenvalue weighted by Crippen LogP contribution is -2.39. The van der Waals surface area contributed by atoms with Crippen molar-refractivity contribution in [1.29, 1.82) is 0 Å². The van der Waals surface area contributed by atoms with Crippen molar-refractivity contribution in [2.45, 2.75) is 58.5 Å². The quantitative estimate of drug-likeness (QED) is 0.478. The van der Waals surface area contributed by atoms with Gasteiger partial charge in [0, 0.05) is 54.9 Å². The lowest BCUT2D eigenvalue weighted by molar-refractivity contribution is 0.0591. The molecule has 6 heterocycles. The lowest BCUT2D eigenvalue weighted by Gasteiger charge is -2.34. The Kier molecular flexibility index (Phi) is 5.17. The van der Waals surface area contributed by atoms with Crippen molar-refractivity contribution in [1.82, 2.24) is 39.1 Å². The summed E-state index contributed by atoms with van der Waals surface area (Å²) in [7, 11) is 0. The number of aromatic nitrogens is 7. The summed E-state index contributed by atoms with van der Waals surface area (Å²) in [6.45, 7) is 8.28. The van der Waals surface area contributed by atoms with Gasteiger partial charge in [0.1, 0.15) is 5.82 Å². The predicted molar refractivity (Wildman–Crippen MR) is 130 cm³/mol. The van der Waals surface area contributed by atoms with Crippen molar-refractivity contribution in [3.05, 3.63) is 46.8 Å². The number of anilines is 1. The molecule has 4 aromatic rings. The van der Waals surface area contributed by atoms with Crippen LogP contribution in [0.5, 0.6) is 0 Å². The number of piperidine rings is 1. The standard InChI is InChI=1S/C24H30N10O/c1-14-12-33-20(27-21(14)31-9-7-17(25)13-31)11-18(30-33)19-6-4-5-8-32(19)23(35)22-28-29-24-26-15(2)10-16(3)34(22)24/h10-12,17,19H,4-9,13,25H2,1-3H3/t17-,19-/m0/s1. The van der Waals surface area contributed by atoms with Gasteiger partial charge in [-0.1, -0.05) is 0 Å². The Bertz CT molecular complexity index is 1440. The molecule has 0 aliphatic carbocycles. The molecule has 0 spiro atoms. The Labute approximate surface area is 203 Å². The van der Waals surface area contributed by atoms with Crippen molar-refractivity contribution >= 4 is 23.1 Å². The smallest absolute Gasteiger partial charge is 0.292 e. The molecule has 2 aliphatic rings. The average Bonchev–Trinajstić information content (AvgIpc) is 3.56. The third-order valence-corrected chi connectivity index (χ3v) is 7.14. The van der Waals surface area contributed by atoms with Crippen LogP contribution in [0, 0.1) is 20.8 Å². The number of carbonyl (C=O) groups is 1. The van der Waals surface area contributed by atoms with Crippen LogP contribution in [0.15, 0.2) is 18.3 Å². The second-order valence-electron chi connectivity index (χ2n) is 9.82. The summed E-state index contributed by atoms with van der Waals surface area (Å²) >= 11 is 0. The van der Waals surface area contributed by atoms with Gasteiger partial charge in [0.2, 0.25) is 5.82 Å². The average molecular weight is 475 g/mol. The summed E-state index contributed by atoms with van der Waals surface area (Å²) < 4.78 is 3.56. The van der Waals surface area contributed by atoms with Gasteiger partial charge in [-0.25, -0.2) is 14.5 Å². The van der Waals surface area contributed by atoms with Crippen LogP contribution in [0.3, 0.4) is 0 Å². The molecule has 182 valence electrons. The van der Waals surface area contributed by atoms with E-state index in [2.05, 4.69) is 27.0 Å². The molecule has 11 heteroatoms. The molecular formula is C24H30N10O. The number of nitrogens with zero attached hydrogens (tertiary/aromatic N) is 9. The monoisotopic (exact) mass is 474 g/mol. The first kappa shape index (κ1) is 21.9. The molecule has 6 rings (SSSR count). The molecule has 0 unspecified atom stereocenters. The summed E-state index contributed by atoms with van der Waals surface area (Å²) in [6.07, 6.45) is 5.81. The number of amides is 1. The molecule has 0 saturated carbocycles. The number of carbonyl (C=O) groups excluding carboxylic acids is 1. The zero-order chi connectivity index (χ0) is 24.3.